The first-order valence-electron chi connectivity index (χ1n) is 5.97. The fraction of sp³-hybridized carbons (Fsp3) is 0.125. The molecule has 1 aliphatic heterocycles. The van der Waals surface area contributed by atoms with Gasteiger partial charge < -0.3 is 0 Å². The maximum absolute atomic E-state index is 12.5. The quantitative estimate of drug-likeness (QED) is 0.551. The molecule has 0 atom stereocenters. The van der Waals surface area contributed by atoms with Gasteiger partial charge in [-0.25, -0.2) is 0 Å². The lowest BCUT2D eigenvalue weighted by atomic mass is 10.0. The average molecular weight is 254 g/mol. The Bertz CT molecular complexity index is 628. The highest BCUT2D eigenvalue weighted by Crippen LogP contribution is 2.45. The fourth-order valence-electron chi connectivity index (χ4n) is 2.37. The van der Waals surface area contributed by atoms with Crippen molar-refractivity contribution < 1.29 is 4.79 Å². The van der Waals surface area contributed by atoms with E-state index in [4.69, 9.17) is 0 Å². The topological polar surface area (TPSA) is 17.1 Å². The maximum Gasteiger partial charge on any atom is 0.195 e. The molecule has 1 nitrogen and oxygen atoms in total. The van der Waals surface area contributed by atoms with Crippen molar-refractivity contribution in [1.29, 1.82) is 0 Å². The molecular weight excluding hydrogens is 240 g/mol. The Morgan fingerprint density at radius 3 is 1.72 bits per heavy atom. The van der Waals surface area contributed by atoms with Gasteiger partial charge in [-0.15, -0.1) is 10.5 Å². The minimum atomic E-state index is -0.0711. The number of ketones is 1. The molecule has 0 radical (unpaired) electrons. The molecule has 0 aliphatic carbocycles. The molecule has 1 heterocycles. The lowest BCUT2D eigenvalue weighted by Gasteiger charge is -2.23. The third-order valence-corrected chi connectivity index (χ3v) is 5.52. The molecule has 90 valence electrons. The molecule has 0 bridgehead atoms. The Labute approximate surface area is 109 Å². The summed E-state index contributed by atoms with van der Waals surface area (Å²) < 4.78 is 0. The van der Waals surface area contributed by atoms with Gasteiger partial charge in [-0.2, -0.15) is 0 Å². The summed E-state index contributed by atoms with van der Waals surface area (Å²) in [4.78, 5) is 16.2. The first kappa shape index (κ1) is 11.4. The van der Waals surface area contributed by atoms with Crippen molar-refractivity contribution in [2.45, 2.75) is 23.6 Å². The SMILES string of the molecule is CC(C)=S1c2ccccc2C(=O)c2ccccc21. The van der Waals surface area contributed by atoms with Gasteiger partial charge >= 0.3 is 0 Å². The van der Waals surface area contributed by atoms with Crippen LogP contribution in [0, 0.1) is 0 Å². The van der Waals surface area contributed by atoms with Gasteiger partial charge in [-0.3, -0.25) is 4.79 Å². The summed E-state index contributed by atoms with van der Waals surface area (Å²) in [5, 5.41) is 0. The lowest BCUT2D eigenvalue weighted by Crippen LogP contribution is -2.11. The van der Waals surface area contributed by atoms with Gasteiger partial charge in [0.15, 0.2) is 5.78 Å². The smallest absolute Gasteiger partial charge is 0.195 e. The van der Waals surface area contributed by atoms with Crippen LogP contribution in [0.2, 0.25) is 0 Å². The first-order valence-corrected chi connectivity index (χ1v) is 7.20. The van der Waals surface area contributed by atoms with Gasteiger partial charge in [0.25, 0.3) is 0 Å². The maximum atomic E-state index is 12.5. The molecule has 0 N–H and O–H groups in total. The van der Waals surface area contributed by atoms with Crippen LogP contribution in [0.4, 0.5) is 0 Å². The van der Waals surface area contributed by atoms with Crippen LogP contribution in [0.3, 0.4) is 0 Å². The van der Waals surface area contributed by atoms with E-state index in [0.29, 0.717) is 0 Å². The Balaban J connectivity index is 2.42. The number of benzene rings is 2. The van der Waals surface area contributed by atoms with E-state index in [0.717, 1.165) is 11.1 Å². The molecule has 0 saturated heterocycles. The molecule has 0 spiro atoms. The third-order valence-electron chi connectivity index (χ3n) is 3.11. The van der Waals surface area contributed by atoms with Crippen LogP contribution in [0.1, 0.15) is 29.8 Å². The highest BCUT2D eigenvalue weighted by molar-refractivity contribution is 8.16. The highest BCUT2D eigenvalue weighted by atomic mass is 32.2. The van der Waals surface area contributed by atoms with E-state index in [1.54, 1.807) is 0 Å². The Morgan fingerprint density at radius 1 is 0.833 bits per heavy atom. The lowest BCUT2D eigenvalue weighted by molar-refractivity contribution is 0.103. The second kappa shape index (κ2) is 4.21. The number of carbonyl (C=O) groups is 1. The third kappa shape index (κ3) is 1.57. The fourth-order valence-corrected chi connectivity index (χ4v) is 4.68. The standard InChI is InChI=1S/C16H14OS/c1-11(2)18-14-9-5-3-7-12(14)16(17)13-8-4-6-10-15(13)18/h3-10H,1-2H3. The summed E-state index contributed by atoms with van der Waals surface area (Å²) >= 11 is 0. The molecule has 0 aromatic heterocycles. The van der Waals surface area contributed by atoms with E-state index in [1.807, 2.05) is 36.4 Å². The van der Waals surface area contributed by atoms with Crippen molar-refractivity contribution in [1.82, 2.24) is 0 Å². The average Bonchev–Trinajstić information content (AvgIpc) is 2.39. The molecule has 2 heteroatoms. The molecule has 2 aromatic rings. The zero-order valence-electron chi connectivity index (χ0n) is 10.4. The molecule has 1 aliphatic rings. The van der Waals surface area contributed by atoms with Crippen molar-refractivity contribution in [2.75, 3.05) is 0 Å². The first-order chi connectivity index (χ1) is 8.70. The molecule has 0 amide bonds. The van der Waals surface area contributed by atoms with Crippen LogP contribution >= 0.6 is 10.5 Å². The van der Waals surface area contributed by atoms with E-state index in [-0.39, 0.29) is 16.3 Å². The van der Waals surface area contributed by atoms with Gasteiger partial charge in [0, 0.05) is 20.9 Å². The number of hydrogen-bond acceptors (Lipinski definition) is 1. The normalized spacial score (nSPS) is 14.0. The Hall–Kier alpha value is -1.67. The van der Waals surface area contributed by atoms with Gasteiger partial charge in [0.05, 0.1) is 0 Å². The zero-order chi connectivity index (χ0) is 12.7. The van der Waals surface area contributed by atoms with Crippen LogP contribution in [-0.4, -0.2) is 10.6 Å². The van der Waals surface area contributed by atoms with E-state index >= 15 is 0 Å². The van der Waals surface area contributed by atoms with Crippen LogP contribution in [0.25, 0.3) is 0 Å². The van der Waals surface area contributed by atoms with Gasteiger partial charge in [0.1, 0.15) is 0 Å². The summed E-state index contributed by atoms with van der Waals surface area (Å²) in [7, 11) is -0.0711. The minimum absolute atomic E-state index is 0.0711. The van der Waals surface area contributed by atoms with E-state index < -0.39 is 0 Å². The molecule has 18 heavy (non-hydrogen) atoms. The molecular formula is C16H14OS. The number of hydrogen-bond donors (Lipinski definition) is 0. The predicted octanol–water partition coefficient (Wildman–Crippen LogP) is 4.13. The molecule has 0 fully saturated rings. The number of fused-ring (bicyclic) bond motifs is 2. The molecule has 0 saturated carbocycles. The second-order valence-electron chi connectivity index (χ2n) is 4.54. The van der Waals surface area contributed by atoms with Crippen molar-refractivity contribution in [3.8, 4) is 0 Å². The predicted molar refractivity (Wildman–Crippen MR) is 76.8 cm³/mol. The van der Waals surface area contributed by atoms with Crippen molar-refractivity contribution >= 4 is 21.1 Å². The molecule has 0 unspecified atom stereocenters. The summed E-state index contributed by atoms with van der Waals surface area (Å²) in [5.41, 5.74) is 1.72. The monoisotopic (exact) mass is 254 g/mol. The highest BCUT2D eigenvalue weighted by Gasteiger charge is 2.25. The Kier molecular flexibility index (Phi) is 2.67. The van der Waals surface area contributed by atoms with Gasteiger partial charge in [0.2, 0.25) is 0 Å². The van der Waals surface area contributed by atoms with E-state index in [1.165, 1.54) is 14.7 Å². The largest absolute Gasteiger partial charge is 0.289 e. The molecule has 2 aromatic carbocycles. The summed E-state index contributed by atoms with van der Waals surface area (Å²) in [6, 6.07) is 16.0. The minimum Gasteiger partial charge on any atom is -0.289 e. The van der Waals surface area contributed by atoms with E-state index in [9.17, 15) is 4.79 Å². The Morgan fingerprint density at radius 2 is 1.28 bits per heavy atom. The van der Waals surface area contributed by atoms with Crippen LogP contribution < -0.4 is 0 Å². The van der Waals surface area contributed by atoms with Crippen molar-refractivity contribution in [2.24, 2.45) is 0 Å². The van der Waals surface area contributed by atoms with Crippen LogP contribution in [0.5, 0.6) is 0 Å². The number of carbonyl (C=O) groups excluding carboxylic acids is 1. The van der Waals surface area contributed by atoms with Crippen LogP contribution in [-0.2, 0) is 0 Å². The van der Waals surface area contributed by atoms with Crippen molar-refractivity contribution in [3.05, 3.63) is 59.7 Å². The van der Waals surface area contributed by atoms with E-state index in [2.05, 4.69) is 26.0 Å². The second-order valence-corrected chi connectivity index (χ2v) is 6.84. The summed E-state index contributed by atoms with van der Waals surface area (Å²) in [5.74, 6) is 0.159. The summed E-state index contributed by atoms with van der Waals surface area (Å²) in [6.07, 6.45) is 0. The van der Waals surface area contributed by atoms with Gasteiger partial charge in [-0.1, -0.05) is 24.3 Å². The number of rotatable bonds is 0. The van der Waals surface area contributed by atoms with Gasteiger partial charge in [-0.05, 0) is 43.0 Å². The molecule has 3 rings (SSSR count). The summed E-state index contributed by atoms with van der Waals surface area (Å²) in [6.45, 7) is 4.29. The zero-order valence-corrected chi connectivity index (χ0v) is 11.3. The van der Waals surface area contributed by atoms with Crippen molar-refractivity contribution in [3.63, 3.8) is 0 Å². The van der Waals surface area contributed by atoms with Crippen LogP contribution in [0.15, 0.2) is 58.3 Å².